The van der Waals surface area contributed by atoms with Crippen LogP contribution in [0.2, 0.25) is 0 Å². The normalized spacial score (nSPS) is 12.2. The lowest BCUT2D eigenvalue weighted by Crippen LogP contribution is -2.02. The van der Waals surface area contributed by atoms with Gasteiger partial charge in [0.05, 0.1) is 26.9 Å². The van der Waals surface area contributed by atoms with Gasteiger partial charge in [-0.1, -0.05) is 97.1 Å². The van der Waals surface area contributed by atoms with E-state index in [1.54, 1.807) is 11.3 Å². The predicted molar refractivity (Wildman–Crippen MR) is 185 cm³/mol. The van der Waals surface area contributed by atoms with Crippen molar-refractivity contribution in [2.24, 2.45) is 0 Å². The van der Waals surface area contributed by atoms with Gasteiger partial charge in [0.15, 0.2) is 0 Å². The molecule has 0 N–H and O–H groups in total. The predicted octanol–water partition coefficient (Wildman–Crippen LogP) is 11.1. The van der Waals surface area contributed by atoms with E-state index in [0.29, 0.717) is 5.95 Å². The van der Waals surface area contributed by atoms with Gasteiger partial charge >= 0.3 is 0 Å². The van der Waals surface area contributed by atoms with Gasteiger partial charge in [0.25, 0.3) is 0 Å². The second-order valence-electron chi connectivity index (χ2n) is 11.0. The van der Waals surface area contributed by atoms with Gasteiger partial charge in [0, 0.05) is 46.6 Å². The van der Waals surface area contributed by atoms with Gasteiger partial charge in [-0.25, -0.2) is 9.97 Å². The number of benzene rings is 6. The summed E-state index contributed by atoms with van der Waals surface area (Å²) >= 11 is 3.64. The van der Waals surface area contributed by atoms with Crippen LogP contribution in [0.1, 0.15) is 0 Å². The molecule has 43 heavy (non-hydrogen) atoms. The molecule has 5 heteroatoms. The second kappa shape index (κ2) is 8.71. The molecule has 0 fully saturated rings. The Hall–Kier alpha value is -5.10. The van der Waals surface area contributed by atoms with Crippen LogP contribution in [0, 0.1) is 0 Å². The third-order valence-electron chi connectivity index (χ3n) is 8.61. The van der Waals surface area contributed by atoms with Crippen molar-refractivity contribution in [2.75, 3.05) is 0 Å². The van der Waals surface area contributed by atoms with Gasteiger partial charge in [0.1, 0.15) is 0 Å². The summed E-state index contributed by atoms with van der Waals surface area (Å²) in [5.74, 6) is 0.700. The lowest BCUT2D eigenvalue weighted by molar-refractivity contribution is 1.02. The van der Waals surface area contributed by atoms with Crippen LogP contribution in [0.25, 0.3) is 90.3 Å². The van der Waals surface area contributed by atoms with E-state index >= 15 is 0 Å². The number of hydrogen-bond donors (Lipinski definition) is 0. The summed E-state index contributed by atoms with van der Waals surface area (Å²) in [4.78, 5) is 10.7. The first-order valence-corrected chi connectivity index (χ1v) is 16.0. The van der Waals surface area contributed by atoms with Crippen LogP contribution < -0.4 is 0 Å². The molecule has 0 amide bonds. The Morgan fingerprint density at radius 2 is 1.19 bits per heavy atom. The first-order valence-electron chi connectivity index (χ1n) is 14.3. The van der Waals surface area contributed by atoms with Gasteiger partial charge in [-0.15, -0.1) is 22.7 Å². The number of para-hydroxylation sites is 1. The first kappa shape index (κ1) is 23.5. The molecule has 10 aromatic rings. The minimum Gasteiger partial charge on any atom is -0.278 e. The zero-order valence-corrected chi connectivity index (χ0v) is 24.4. The fourth-order valence-corrected chi connectivity index (χ4v) is 9.07. The molecule has 0 aliphatic heterocycles. The van der Waals surface area contributed by atoms with Crippen LogP contribution >= 0.6 is 22.7 Å². The zero-order chi connectivity index (χ0) is 28.1. The monoisotopic (exact) mass is 583 g/mol. The highest BCUT2D eigenvalue weighted by molar-refractivity contribution is 7.27. The zero-order valence-electron chi connectivity index (χ0n) is 22.8. The van der Waals surface area contributed by atoms with E-state index in [4.69, 9.17) is 9.97 Å². The van der Waals surface area contributed by atoms with Crippen molar-refractivity contribution < 1.29 is 0 Å². The topological polar surface area (TPSA) is 30.7 Å². The summed E-state index contributed by atoms with van der Waals surface area (Å²) < 4.78 is 7.23. The minimum absolute atomic E-state index is 0.700. The Labute approximate surface area is 253 Å². The number of hydrogen-bond acceptors (Lipinski definition) is 4. The molecule has 0 unspecified atom stereocenters. The maximum atomic E-state index is 5.40. The van der Waals surface area contributed by atoms with Crippen molar-refractivity contribution in [3.63, 3.8) is 0 Å². The first-order chi connectivity index (χ1) is 21.3. The molecule has 4 aromatic heterocycles. The highest BCUT2D eigenvalue weighted by Gasteiger charge is 2.21. The van der Waals surface area contributed by atoms with Crippen LogP contribution in [0.5, 0.6) is 0 Å². The van der Waals surface area contributed by atoms with Crippen LogP contribution in [0.3, 0.4) is 0 Å². The number of rotatable bonds is 2. The molecule has 0 atom stereocenters. The average molecular weight is 584 g/mol. The van der Waals surface area contributed by atoms with Crippen molar-refractivity contribution in [3.05, 3.63) is 127 Å². The summed E-state index contributed by atoms with van der Waals surface area (Å²) in [6.45, 7) is 0. The van der Waals surface area contributed by atoms with E-state index < -0.39 is 0 Å². The molecule has 0 spiro atoms. The van der Waals surface area contributed by atoms with Crippen LogP contribution in [-0.2, 0) is 0 Å². The van der Waals surface area contributed by atoms with Gasteiger partial charge in [-0.3, -0.25) is 4.57 Å². The van der Waals surface area contributed by atoms with Crippen molar-refractivity contribution in [1.82, 2.24) is 14.5 Å². The third kappa shape index (κ3) is 3.29. The standard InChI is InChI=1S/C38H21N3S2/c1-2-10-23-21-24(18-17-22(23)9-1)34-37-35(28-13-5-8-16-32(28)43-37)40-38(39-34)41-29-14-6-3-12-27(29)33-30(41)20-19-26-25-11-4-7-15-31(25)42-36(26)33/h1-21H. The molecule has 0 aliphatic rings. The molecule has 6 aromatic carbocycles. The highest BCUT2D eigenvalue weighted by Crippen LogP contribution is 2.44. The summed E-state index contributed by atoms with van der Waals surface area (Å²) in [5.41, 5.74) is 5.32. The van der Waals surface area contributed by atoms with E-state index in [0.717, 1.165) is 32.5 Å². The van der Waals surface area contributed by atoms with Gasteiger partial charge in [-0.2, -0.15) is 0 Å². The van der Waals surface area contributed by atoms with Crippen LogP contribution in [-0.4, -0.2) is 14.5 Å². The summed E-state index contributed by atoms with van der Waals surface area (Å²) in [5, 5.41) is 8.69. The Morgan fingerprint density at radius 1 is 0.488 bits per heavy atom. The molecule has 3 nitrogen and oxygen atoms in total. The average Bonchev–Trinajstić information content (AvgIpc) is 3.73. The lowest BCUT2D eigenvalue weighted by Gasteiger charge is -2.10. The Bertz CT molecular complexity index is 2750. The van der Waals surface area contributed by atoms with Gasteiger partial charge < -0.3 is 0 Å². The molecule has 200 valence electrons. The maximum Gasteiger partial charge on any atom is 0.235 e. The number of thiophene rings is 2. The Kier molecular flexibility index (Phi) is 4.75. The molecule has 10 rings (SSSR count). The molecule has 0 saturated heterocycles. The highest BCUT2D eigenvalue weighted by atomic mass is 32.1. The summed E-state index contributed by atoms with van der Waals surface area (Å²) in [6, 6.07) is 45.7. The van der Waals surface area contributed by atoms with Crippen LogP contribution in [0.15, 0.2) is 127 Å². The SMILES string of the molecule is c1ccc2cc(-c3nc(-n4c5ccccc5c5c6sc7ccccc7c6ccc54)nc4c3sc3ccccc34)ccc2c1. The second-order valence-corrected chi connectivity index (χ2v) is 13.1. The number of nitrogens with zero attached hydrogens (tertiary/aromatic N) is 3. The number of fused-ring (bicyclic) bond motifs is 11. The Morgan fingerprint density at radius 3 is 2.07 bits per heavy atom. The summed E-state index contributed by atoms with van der Waals surface area (Å²) in [6.07, 6.45) is 0. The molecule has 4 heterocycles. The third-order valence-corrected chi connectivity index (χ3v) is 11.0. The fourth-order valence-electron chi connectivity index (χ4n) is 6.66. The number of aromatic nitrogens is 3. The van der Waals surface area contributed by atoms with E-state index in [2.05, 4.69) is 132 Å². The van der Waals surface area contributed by atoms with Crippen molar-refractivity contribution >= 4 is 95.7 Å². The maximum absolute atomic E-state index is 5.40. The van der Waals surface area contributed by atoms with Gasteiger partial charge in [0.2, 0.25) is 5.95 Å². The van der Waals surface area contributed by atoms with E-state index in [1.165, 1.54) is 51.8 Å². The van der Waals surface area contributed by atoms with E-state index in [1.807, 2.05) is 11.3 Å². The lowest BCUT2D eigenvalue weighted by atomic mass is 10.0. The van der Waals surface area contributed by atoms with E-state index in [-0.39, 0.29) is 0 Å². The minimum atomic E-state index is 0.700. The molecule has 0 aliphatic carbocycles. The smallest absolute Gasteiger partial charge is 0.235 e. The van der Waals surface area contributed by atoms with Crippen LogP contribution in [0.4, 0.5) is 0 Å². The van der Waals surface area contributed by atoms with Gasteiger partial charge in [-0.05, 0) is 41.1 Å². The molecular weight excluding hydrogens is 563 g/mol. The van der Waals surface area contributed by atoms with E-state index in [9.17, 15) is 0 Å². The van der Waals surface area contributed by atoms with Crippen molar-refractivity contribution in [1.29, 1.82) is 0 Å². The molecule has 0 saturated carbocycles. The van der Waals surface area contributed by atoms with Crippen molar-refractivity contribution in [3.8, 4) is 17.2 Å². The molecule has 0 bridgehead atoms. The van der Waals surface area contributed by atoms with Crippen molar-refractivity contribution in [2.45, 2.75) is 0 Å². The fraction of sp³-hybridized carbons (Fsp3) is 0. The molecule has 0 radical (unpaired) electrons. The Balaban J connectivity index is 1.35. The molecular formula is C38H21N3S2. The quantitative estimate of drug-likeness (QED) is 0.203. The largest absolute Gasteiger partial charge is 0.278 e. The summed E-state index contributed by atoms with van der Waals surface area (Å²) in [7, 11) is 0.